The molecule has 4 rings (SSSR count). The number of pyridine rings is 1. The van der Waals surface area contributed by atoms with Crippen LogP contribution >= 0.6 is 27.7 Å². The highest BCUT2D eigenvalue weighted by atomic mass is 79.9. The van der Waals surface area contributed by atoms with Crippen molar-refractivity contribution in [1.29, 1.82) is 0 Å². The number of fused-ring (bicyclic) bond motifs is 1. The summed E-state index contributed by atoms with van der Waals surface area (Å²) >= 11 is 4.62. The van der Waals surface area contributed by atoms with Crippen LogP contribution in [0.2, 0.25) is 0 Å². The third kappa shape index (κ3) is 3.65. The zero-order valence-corrected chi connectivity index (χ0v) is 16.4. The fourth-order valence-electron chi connectivity index (χ4n) is 2.70. The first kappa shape index (κ1) is 17.9. The van der Waals surface area contributed by atoms with E-state index in [2.05, 4.69) is 25.9 Å². The third-order valence-electron chi connectivity index (χ3n) is 4.00. The van der Waals surface area contributed by atoms with Crippen molar-refractivity contribution in [2.75, 3.05) is 0 Å². The summed E-state index contributed by atoms with van der Waals surface area (Å²) in [5.74, 6) is 0.240. The van der Waals surface area contributed by atoms with E-state index in [-0.39, 0.29) is 11.4 Å². The lowest BCUT2D eigenvalue weighted by Crippen LogP contribution is -2.21. The number of thioether (sulfide) groups is 1. The first-order valence-corrected chi connectivity index (χ1v) is 9.90. The van der Waals surface area contributed by atoms with Crippen LogP contribution in [-0.4, -0.2) is 14.5 Å². The fourth-order valence-corrected chi connectivity index (χ4v) is 4.08. The van der Waals surface area contributed by atoms with Crippen molar-refractivity contribution in [3.05, 3.63) is 93.2 Å². The van der Waals surface area contributed by atoms with Gasteiger partial charge >= 0.3 is 0 Å². The lowest BCUT2D eigenvalue weighted by Gasteiger charge is -2.13. The van der Waals surface area contributed by atoms with Gasteiger partial charge in [-0.15, -0.1) is 0 Å². The molecule has 7 heteroatoms. The fraction of sp³-hybridized carbons (Fsp3) is 0.0500. The van der Waals surface area contributed by atoms with E-state index < -0.39 is 0 Å². The Labute approximate surface area is 167 Å². The van der Waals surface area contributed by atoms with Crippen molar-refractivity contribution in [3.63, 3.8) is 0 Å². The maximum absolute atomic E-state index is 13.5. The van der Waals surface area contributed by atoms with Crippen LogP contribution in [0.5, 0.6) is 0 Å². The van der Waals surface area contributed by atoms with Crippen molar-refractivity contribution in [1.82, 2.24) is 14.5 Å². The molecule has 0 unspecified atom stereocenters. The van der Waals surface area contributed by atoms with Gasteiger partial charge in [0.1, 0.15) is 5.82 Å². The summed E-state index contributed by atoms with van der Waals surface area (Å²) in [6.07, 6.45) is 3.29. The molecule has 2 heterocycles. The van der Waals surface area contributed by atoms with Gasteiger partial charge in [0.25, 0.3) is 5.56 Å². The van der Waals surface area contributed by atoms with Crippen molar-refractivity contribution >= 4 is 38.6 Å². The second-order valence-corrected chi connectivity index (χ2v) is 7.60. The maximum atomic E-state index is 13.5. The van der Waals surface area contributed by atoms with Crippen LogP contribution in [0.15, 0.2) is 81.4 Å². The highest BCUT2D eigenvalue weighted by molar-refractivity contribution is 9.10. The quantitative estimate of drug-likeness (QED) is 0.331. The lowest BCUT2D eigenvalue weighted by atomic mass is 10.2. The number of para-hydroxylation sites is 1. The summed E-state index contributed by atoms with van der Waals surface area (Å²) in [6.45, 7) is 0. The van der Waals surface area contributed by atoms with Gasteiger partial charge in [-0.1, -0.05) is 30.0 Å². The minimum atomic E-state index is -0.306. The van der Waals surface area contributed by atoms with Crippen molar-refractivity contribution in [3.8, 4) is 5.69 Å². The summed E-state index contributed by atoms with van der Waals surface area (Å²) in [5.41, 5.74) is 2.08. The normalized spacial score (nSPS) is 11.0. The van der Waals surface area contributed by atoms with Gasteiger partial charge in [0.2, 0.25) is 0 Å². The van der Waals surface area contributed by atoms with Crippen molar-refractivity contribution in [2.45, 2.75) is 10.9 Å². The summed E-state index contributed by atoms with van der Waals surface area (Å²) in [5, 5.41) is 1.11. The Morgan fingerprint density at radius 3 is 2.74 bits per heavy atom. The zero-order chi connectivity index (χ0) is 18.8. The molecule has 0 saturated carbocycles. The largest absolute Gasteiger partial charge is 0.268 e. The summed E-state index contributed by atoms with van der Waals surface area (Å²) < 4.78 is 15.4. The molecule has 0 radical (unpaired) electrons. The minimum Gasteiger partial charge on any atom is -0.268 e. The van der Waals surface area contributed by atoms with Crippen LogP contribution in [0, 0.1) is 5.82 Å². The SMILES string of the molecule is O=c1c2ccccc2nc(SCc2ccc(F)c(Br)c2)n1-c1cccnc1. The summed E-state index contributed by atoms with van der Waals surface area (Å²) in [7, 11) is 0. The molecule has 27 heavy (non-hydrogen) atoms. The van der Waals surface area contributed by atoms with Crippen LogP contribution in [0.25, 0.3) is 16.6 Å². The van der Waals surface area contributed by atoms with E-state index in [0.717, 1.165) is 5.56 Å². The Morgan fingerprint density at radius 2 is 1.96 bits per heavy atom. The highest BCUT2D eigenvalue weighted by Crippen LogP contribution is 2.26. The summed E-state index contributed by atoms with van der Waals surface area (Å²) in [4.78, 5) is 21.9. The molecular formula is C20H13BrFN3OS. The Morgan fingerprint density at radius 1 is 1.11 bits per heavy atom. The molecule has 0 aliphatic carbocycles. The van der Waals surface area contributed by atoms with Gasteiger partial charge in [0.05, 0.1) is 27.3 Å². The van der Waals surface area contributed by atoms with Crippen LogP contribution in [0.1, 0.15) is 5.56 Å². The van der Waals surface area contributed by atoms with Crippen LogP contribution in [-0.2, 0) is 5.75 Å². The maximum Gasteiger partial charge on any atom is 0.266 e. The van der Waals surface area contributed by atoms with E-state index in [1.54, 1.807) is 41.2 Å². The Balaban J connectivity index is 1.80. The molecule has 0 saturated heterocycles. The molecule has 2 aromatic heterocycles. The monoisotopic (exact) mass is 441 g/mol. The second-order valence-electron chi connectivity index (χ2n) is 5.80. The number of nitrogens with zero attached hydrogens (tertiary/aromatic N) is 3. The Bertz CT molecular complexity index is 1180. The predicted molar refractivity (Wildman–Crippen MR) is 109 cm³/mol. The molecule has 0 amide bonds. The molecule has 0 aliphatic rings. The van der Waals surface area contributed by atoms with E-state index in [9.17, 15) is 9.18 Å². The predicted octanol–water partition coefficient (Wildman–Crippen LogP) is 4.97. The molecule has 0 N–H and O–H groups in total. The molecule has 0 bridgehead atoms. The van der Waals surface area contributed by atoms with E-state index >= 15 is 0 Å². The van der Waals surface area contributed by atoms with Gasteiger partial charge in [-0.3, -0.25) is 14.3 Å². The first-order valence-electron chi connectivity index (χ1n) is 8.12. The minimum absolute atomic E-state index is 0.142. The molecule has 4 aromatic rings. The van der Waals surface area contributed by atoms with Crippen LogP contribution in [0.4, 0.5) is 4.39 Å². The standard InChI is InChI=1S/C20H13BrFN3OS/c21-16-10-13(7-8-17(16)22)12-27-20-24-18-6-2-1-5-15(18)19(26)25(20)14-4-3-9-23-11-14/h1-11H,12H2. The van der Waals surface area contributed by atoms with Gasteiger partial charge in [-0.25, -0.2) is 9.37 Å². The average Bonchev–Trinajstić information content (AvgIpc) is 2.70. The summed E-state index contributed by atoms with van der Waals surface area (Å²) in [6, 6.07) is 15.7. The van der Waals surface area contributed by atoms with E-state index in [0.29, 0.717) is 32.0 Å². The first-order chi connectivity index (χ1) is 13.1. The molecule has 0 aliphatic heterocycles. The molecule has 134 valence electrons. The number of rotatable bonds is 4. The number of aromatic nitrogens is 3. The molecule has 0 spiro atoms. The number of halogens is 2. The third-order valence-corrected chi connectivity index (χ3v) is 5.62. The van der Waals surface area contributed by atoms with Gasteiger partial charge in [0, 0.05) is 11.9 Å². The highest BCUT2D eigenvalue weighted by Gasteiger charge is 2.13. The second kappa shape index (κ2) is 7.62. The van der Waals surface area contributed by atoms with E-state index in [4.69, 9.17) is 0 Å². The van der Waals surface area contributed by atoms with Gasteiger partial charge < -0.3 is 0 Å². The molecule has 2 aromatic carbocycles. The van der Waals surface area contributed by atoms with Crippen LogP contribution < -0.4 is 5.56 Å². The van der Waals surface area contributed by atoms with Crippen molar-refractivity contribution < 1.29 is 4.39 Å². The van der Waals surface area contributed by atoms with Gasteiger partial charge in [-0.2, -0.15) is 0 Å². The Hall–Kier alpha value is -2.51. The molecule has 4 nitrogen and oxygen atoms in total. The smallest absolute Gasteiger partial charge is 0.266 e. The number of hydrogen-bond acceptors (Lipinski definition) is 4. The molecular weight excluding hydrogens is 429 g/mol. The Kier molecular flexibility index (Phi) is 5.05. The lowest BCUT2D eigenvalue weighted by molar-refractivity contribution is 0.620. The zero-order valence-electron chi connectivity index (χ0n) is 14.0. The van der Waals surface area contributed by atoms with Gasteiger partial charge in [0.15, 0.2) is 5.16 Å². The topological polar surface area (TPSA) is 47.8 Å². The van der Waals surface area contributed by atoms with E-state index in [1.165, 1.54) is 17.8 Å². The molecule has 0 atom stereocenters. The number of benzene rings is 2. The van der Waals surface area contributed by atoms with E-state index in [1.807, 2.05) is 24.3 Å². The average molecular weight is 442 g/mol. The van der Waals surface area contributed by atoms with Crippen LogP contribution in [0.3, 0.4) is 0 Å². The number of hydrogen-bond donors (Lipinski definition) is 0. The molecule has 0 fully saturated rings. The van der Waals surface area contributed by atoms with Crippen molar-refractivity contribution in [2.24, 2.45) is 0 Å². The van der Waals surface area contributed by atoms with Gasteiger partial charge in [-0.05, 0) is 57.9 Å².